The molecule has 2 aliphatic rings. The summed E-state index contributed by atoms with van der Waals surface area (Å²) in [6.07, 6.45) is 2.63. The van der Waals surface area contributed by atoms with Crippen molar-refractivity contribution >= 4 is 0 Å². The summed E-state index contributed by atoms with van der Waals surface area (Å²) in [6, 6.07) is 7.05. The lowest BCUT2D eigenvalue weighted by Gasteiger charge is -2.30. The first-order valence-electron chi connectivity index (χ1n) is 5.88. The van der Waals surface area contributed by atoms with E-state index in [-0.39, 0.29) is 0 Å². The second kappa shape index (κ2) is 3.67. The van der Waals surface area contributed by atoms with Gasteiger partial charge in [-0.1, -0.05) is 0 Å². The van der Waals surface area contributed by atoms with Gasteiger partial charge in [0.15, 0.2) is 0 Å². The number of piperidine rings is 1. The molecule has 0 amide bonds. The van der Waals surface area contributed by atoms with Gasteiger partial charge in [0.25, 0.3) is 0 Å². The topological polar surface area (TPSA) is 30.5 Å². The molecule has 0 radical (unpaired) electrons. The highest BCUT2D eigenvalue weighted by Gasteiger charge is 2.38. The van der Waals surface area contributed by atoms with Gasteiger partial charge in [0, 0.05) is 17.7 Å². The zero-order valence-corrected chi connectivity index (χ0v) is 9.69. The summed E-state index contributed by atoms with van der Waals surface area (Å²) >= 11 is 0. The van der Waals surface area contributed by atoms with Crippen LogP contribution in [0.2, 0.25) is 0 Å². The Morgan fingerprint density at radius 1 is 1.38 bits per heavy atom. The van der Waals surface area contributed by atoms with E-state index in [4.69, 9.17) is 9.47 Å². The molecule has 1 aromatic rings. The van der Waals surface area contributed by atoms with Gasteiger partial charge in [-0.25, -0.2) is 0 Å². The van der Waals surface area contributed by atoms with Gasteiger partial charge in [-0.05, 0) is 31.9 Å². The molecule has 0 aliphatic carbocycles. The maximum atomic E-state index is 5.96. The minimum atomic E-state index is 0.304. The summed E-state index contributed by atoms with van der Waals surface area (Å²) in [5.74, 6) is 1.85. The predicted octanol–water partition coefficient (Wildman–Crippen LogP) is 2.27. The molecule has 1 aromatic carbocycles. The van der Waals surface area contributed by atoms with Crippen molar-refractivity contribution in [2.24, 2.45) is 0 Å². The molecule has 1 fully saturated rings. The molecule has 3 nitrogen and oxygen atoms in total. The molecule has 86 valence electrons. The molecule has 2 heterocycles. The van der Waals surface area contributed by atoms with E-state index in [9.17, 15) is 0 Å². The van der Waals surface area contributed by atoms with Crippen LogP contribution in [0.15, 0.2) is 18.2 Å². The lowest BCUT2D eigenvalue weighted by molar-refractivity contribution is 0.137. The van der Waals surface area contributed by atoms with Crippen molar-refractivity contribution in [3.8, 4) is 11.5 Å². The average Bonchev–Trinajstić information content (AvgIpc) is 2.66. The highest BCUT2D eigenvalue weighted by Crippen LogP contribution is 2.42. The van der Waals surface area contributed by atoms with E-state index in [0.29, 0.717) is 18.2 Å². The van der Waals surface area contributed by atoms with E-state index >= 15 is 0 Å². The van der Waals surface area contributed by atoms with Crippen molar-refractivity contribution in [3.63, 3.8) is 0 Å². The van der Waals surface area contributed by atoms with E-state index in [1.54, 1.807) is 7.11 Å². The van der Waals surface area contributed by atoms with Gasteiger partial charge in [0.1, 0.15) is 17.6 Å². The van der Waals surface area contributed by atoms with Crippen LogP contribution in [0.3, 0.4) is 0 Å². The molecule has 0 aromatic heterocycles. The second-order valence-corrected chi connectivity index (χ2v) is 4.68. The Bertz CT molecular complexity index is 405. The third-order valence-corrected chi connectivity index (χ3v) is 3.55. The van der Waals surface area contributed by atoms with Crippen LogP contribution in [0.25, 0.3) is 0 Å². The van der Waals surface area contributed by atoms with Crippen molar-refractivity contribution in [1.82, 2.24) is 5.32 Å². The molecule has 0 spiro atoms. The van der Waals surface area contributed by atoms with Crippen molar-refractivity contribution < 1.29 is 9.47 Å². The molecule has 2 aliphatic heterocycles. The molecule has 3 rings (SSSR count). The second-order valence-electron chi connectivity index (χ2n) is 4.68. The van der Waals surface area contributed by atoms with Crippen LogP contribution in [0.5, 0.6) is 11.5 Å². The normalized spacial score (nSPS) is 31.5. The molecule has 1 N–H and O–H groups in total. The number of fused-ring (bicyclic) bond motifs is 3. The fourth-order valence-electron chi connectivity index (χ4n) is 2.66. The van der Waals surface area contributed by atoms with E-state index in [1.807, 2.05) is 12.1 Å². The lowest BCUT2D eigenvalue weighted by Crippen LogP contribution is -2.42. The molecular formula is C13H17NO2. The quantitative estimate of drug-likeness (QED) is 0.786. The van der Waals surface area contributed by atoms with Gasteiger partial charge in [-0.2, -0.15) is 0 Å². The first-order chi connectivity index (χ1) is 7.78. The van der Waals surface area contributed by atoms with Crippen LogP contribution in [0, 0.1) is 0 Å². The first-order valence-corrected chi connectivity index (χ1v) is 5.88. The average molecular weight is 219 g/mol. The molecule has 0 unspecified atom stereocenters. The van der Waals surface area contributed by atoms with Crippen molar-refractivity contribution in [2.45, 2.75) is 38.0 Å². The Balaban J connectivity index is 1.94. The largest absolute Gasteiger partial charge is 0.497 e. The third kappa shape index (κ3) is 1.47. The maximum Gasteiger partial charge on any atom is 0.128 e. The van der Waals surface area contributed by atoms with E-state index < -0.39 is 0 Å². The van der Waals surface area contributed by atoms with Crippen LogP contribution in [-0.2, 0) is 0 Å². The summed E-state index contributed by atoms with van der Waals surface area (Å²) in [5.41, 5.74) is 1.28. The number of nitrogens with one attached hydrogen (secondary N) is 1. The molecule has 3 heteroatoms. The highest BCUT2D eigenvalue weighted by atomic mass is 16.5. The zero-order chi connectivity index (χ0) is 11.1. The number of hydrogen-bond donors (Lipinski definition) is 1. The smallest absolute Gasteiger partial charge is 0.128 e. The van der Waals surface area contributed by atoms with Crippen LogP contribution < -0.4 is 14.8 Å². The van der Waals surface area contributed by atoms with Gasteiger partial charge in [0.2, 0.25) is 0 Å². The Kier molecular flexibility index (Phi) is 2.28. The van der Waals surface area contributed by atoms with Crippen molar-refractivity contribution in [3.05, 3.63) is 23.8 Å². The Labute approximate surface area is 95.8 Å². The summed E-state index contributed by atoms with van der Waals surface area (Å²) in [6.45, 7) is 2.23. The van der Waals surface area contributed by atoms with Crippen LogP contribution in [-0.4, -0.2) is 19.3 Å². The predicted molar refractivity (Wildman–Crippen MR) is 62.0 cm³/mol. The minimum absolute atomic E-state index is 0.304. The monoisotopic (exact) mass is 219 g/mol. The third-order valence-electron chi connectivity index (χ3n) is 3.55. The molecule has 1 saturated heterocycles. The van der Waals surface area contributed by atoms with Crippen molar-refractivity contribution in [2.75, 3.05) is 7.11 Å². The van der Waals surface area contributed by atoms with Crippen molar-refractivity contribution in [1.29, 1.82) is 0 Å². The summed E-state index contributed by atoms with van der Waals surface area (Å²) < 4.78 is 11.2. The summed E-state index contributed by atoms with van der Waals surface area (Å²) in [5, 5.41) is 3.61. The summed E-state index contributed by atoms with van der Waals surface area (Å²) in [7, 11) is 1.68. The Morgan fingerprint density at radius 3 is 3.06 bits per heavy atom. The van der Waals surface area contributed by atoms with Crippen LogP contribution in [0.4, 0.5) is 0 Å². The maximum absolute atomic E-state index is 5.96. The van der Waals surface area contributed by atoms with E-state index in [2.05, 4.69) is 18.3 Å². The van der Waals surface area contributed by atoms with Gasteiger partial charge in [0.05, 0.1) is 13.2 Å². The van der Waals surface area contributed by atoms with E-state index in [1.165, 1.54) is 12.0 Å². The number of hydrogen-bond acceptors (Lipinski definition) is 3. The fraction of sp³-hybridized carbons (Fsp3) is 0.538. The van der Waals surface area contributed by atoms with Gasteiger partial charge in [-0.15, -0.1) is 0 Å². The van der Waals surface area contributed by atoms with Crippen LogP contribution in [0.1, 0.15) is 31.4 Å². The molecule has 3 atom stereocenters. The molecular weight excluding hydrogens is 202 g/mol. The van der Waals surface area contributed by atoms with E-state index in [0.717, 1.165) is 17.9 Å². The number of rotatable bonds is 1. The lowest BCUT2D eigenvalue weighted by atomic mass is 9.93. The molecule has 0 saturated carbocycles. The Hall–Kier alpha value is -1.22. The zero-order valence-electron chi connectivity index (χ0n) is 9.69. The van der Waals surface area contributed by atoms with Gasteiger partial charge >= 0.3 is 0 Å². The fourth-order valence-corrected chi connectivity index (χ4v) is 2.66. The number of methoxy groups -OCH3 is 1. The van der Waals surface area contributed by atoms with Gasteiger partial charge in [-0.3, -0.25) is 0 Å². The minimum Gasteiger partial charge on any atom is -0.497 e. The van der Waals surface area contributed by atoms with Gasteiger partial charge < -0.3 is 14.8 Å². The standard InChI is InChI=1S/C13H17NO2/c1-8-3-6-11-13(14-8)10-5-4-9(15-2)7-12(10)16-11/h4-5,7-8,11,13-14H,3,6H2,1-2H3/t8-,11+,13+/m1/s1. The summed E-state index contributed by atoms with van der Waals surface area (Å²) in [4.78, 5) is 0. The SMILES string of the molecule is COc1ccc2c(c1)O[C@H]1CC[C@@H](C)N[C@@H]21. The first kappa shape index (κ1) is 9.97. The number of benzene rings is 1. The molecule has 16 heavy (non-hydrogen) atoms. The van der Waals surface area contributed by atoms with Crippen LogP contribution >= 0.6 is 0 Å². The molecule has 0 bridgehead atoms. The number of ether oxygens (including phenoxy) is 2. The highest BCUT2D eigenvalue weighted by molar-refractivity contribution is 5.46. The Morgan fingerprint density at radius 2 is 2.25 bits per heavy atom.